The molecule has 1 atom stereocenters. The molecule has 0 bridgehead atoms. The Morgan fingerprint density at radius 1 is 1.00 bits per heavy atom. The molecule has 1 fully saturated rings. The average molecular weight is 395 g/mol. The fourth-order valence-corrected chi connectivity index (χ4v) is 3.59. The smallest absolute Gasteiger partial charge is 0.260 e. The van der Waals surface area contributed by atoms with Crippen LogP contribution in [0, 0.1) is 0 Å². The van der Waals surface area contributed by atoms with Gasteiger partial charge in [0.05, 0.1) is 0 Å². The second kappa shape index (κ2) is 9.59. The van der Waals surface area contributed by atoms with Gasteiger partial charge < -0.3 is 14.5 Å². The number of carbonyl (C=O) groups excluding carboxylic acids is 2. The normalized spacial score (nSPS) is 15.1. The van der Waals surface area contributed by atoms with Crippen LogP contribution in [0.5, 0.6) is 5.75 Å². The van der Waals surface area contributed by atoms with Gasteiger partial charge in [-0.2, -0.15) is 0 Å². The van der Waals surface area contributed by atoms with E-state index < -0.39 is 0 Å². The summed E-state index contributed by atoms with van der Waals surface area (Å²) in [5, 5.41) is 0. The van der Waals surface area contributed by atoms with Gasteiger partial charge in [0.15, 0.2) is 12.4 Å². The largest absolute Gasteiger partial charge is 0.483 e. The van der Waals surface area contributed by atoms with Crippen LogP contribution >= 0.6 is 0 Å². The van der Waals surface area contributed by atoms with Crippen LogP contribution in [-0.4, -0.2) is 49.4 Å². The minimum absolute atomic E-state index is 0.0236. The van der Waals surface area contributed by atoms with Crippen LogP contribution in [0.4, 0.5) is 5.69 Å². The summed E-state index contributed by atoms with van der Waals surface area (Å²) in [6.07, 6.45) is 1.03. The van der Waals surface area contributed by atoms with Crippen molar-refractivity contribution in [2.24, 2.45) is 0 Å². The molecular weight excluding hydrogens is 364 g/mol. The highest BCUT2D eigenvalue weighted by Crippen LogP contribution is 2.28. The second-order valence-corrected chi connectivity index (χ2v) is 7.61. The van der Waals surface area contributed by atoms with E-state index in [1.54, 1.807) is 6.92 Å². The molecule has 1 amide bonds. The van der Waals surface area contributed by atoms with E-state index in [-0.39, 0.29) is 18.3 Å². The topological polar surface area (TPSA) is 49.9 Å². The number of piperazine rings is 1. The van der Waals surface area contributed by atoms with E-state index in [0.29, 0.717) is 19.0 Å². The average Bonchev–Trinajstić information content (AvgIpc) is 2.77. The number of rotatable bonds is 7. The molecule has 5 heteroatoms. The summed E-state index contributed by atoms with van der Waals surface area (Å²) in [5.74, 6) is 1.30. The number of ether oxygens (including phenoxy) is 1. The first-order chi connectivity index (χ1) is 14.0. The number of hydrogen-bond donors (Lipinski definition) is 0. The van der Waals surface area contributed by atoms with E-state index >= 15 is 0 Å². The Labute approximate surface area is 173 Å². The first-order valence-electron chi connectivity index (χ1n) is 10.3. The fraction of sp³-hybridized carbons (Fsp3) is 0.417. The monoisotopic (exact) mass is 394 g/mol. The first-order valence-corrected chi connectivity index (χ1v) is 10.3. The van der Waals surface area contributed by atoms with Gasteiger partial charge in [-0.1, -0.05) is 32.0 Å². The predicted molar refractivity (Wildman–Crippen MR) is 116 cm³/mol. The predicted octanol–water partition coefficient (Wildman–Crippen LogP) is 4.13. The fourth-order valence-electron chi connectivity index (χ4n) is 3.59. The first kappa shape index (κ1) is 20.9. The molecule has 1 aliphatic heterocycles. The maximum absolute atomic E-state index is 12.6. The van der Waals surface area contributed by atoms with Crippen molar-refractivity contribution in [1.82, 2.24) is 4.90 Å². The molecule has 2 aromatic carbocycles. The molecule has 154 valence electrons. The number of ketones is 1. The van der Waals surface area contributed by atoms with E-state index in [9.17, 15) is 9.59 Å². The third-order valence-electron chi connectivity index (χ3n) is 5.68. The molecule has 1 heterocycles. The molecule has 1 aliphatic rings. The number of para-hydroxylation sites is 1. The van der Waals surface area contributed by atoms with Crippen molar-refractivity contribution < 1.29 is 14.3 Å². The molecular formula is C24H30N2O3. The van der Waals surface area contributed by atoms with Gasteiger partial charge in [-0.3, -0.25) is 9.59 Å². The van der Waals surface area contributed by atoms with Crippen LogP contribution < -0.4 is 9.64 Å². The van der Waals surface area contributed by atoms with E-state index in [1.807, 2.05) is 47.4 Å². The van der Waals surface area contributed by atoms with Gasteiger partial charge in [0.1, 0.15) is 5.75 Å². The van der Waals surface area contributed by atoms with Crippen molar-refractivity contribution >= 4 is 17.4 Å². The lowest BCUT2D eigenvalue weighted by Gasteiger charge is -2.36. The summed E-state index contributed by atoms with van der Waals surface area (Å²) < 4.78 is 5.89. The Kier molecular flexibility index (Phi) is 6.91. The molecule has 0 spiro atoms. The zero-order valence-electron chi connectivity index (χ0n) is 17.6. The zero-order chi connectivity index (χ0) is 20.8. The summed E-state index contributed by atoms with van der Waals surface area (Å²) >= 11 is 0. The van der Waals surface area contributed by atoms with E-state index in [2.05, 4.69) is 24.8 Å². The van der Waals surface area contributed by atoms with Gasteiger partial charge in [0, 0.05) is 37.4 Å². The van der Waals surface area contributed by atoms with Crippen LogP contribution in [0.25, 0.3) is 0 Å². The van der Waals surface area contributed by atoms with Gasteiger partial charge in [-0.15, -0.1) is 0 Å². The summed E-state index contributed by atoms with van der Waals surface area (Å²) in [5.41, 5.74) is 2.96. The molecule has 3 rings (SSSR count). The molecule has 1 unspecified atom stereocenters. The van der Waals surface area contributed by atoms with Crippen molar-refractivity contribution in [3.63, 3.8) is 0 Å². The Balaban J connectivity index is 1.52. The Hall–Kier alpha value is -2.82. The van der Waals surface area contributed by atoms with Gasteiger partial charge in [-0.05, 0) is 55.2 Å². The van der Waals surface area contributed by atoms with Crippen LogP contribution in [0.15, 0.2) is 48.5 Å². The standard InChI is InChI=1S/C24H30N2O3/c1-4-18(2)22-7-5-6-8-23(22)29-17-24(28)26-15-13-25(14-16-26)21-11-9-20(10-12-21)19(3)27/h5-12,18H,4,13-17H2,1-3H3. The molecule has 0 radical (unpaired) electrons. The molecule has 2 aromatic rings. The van der Waals surface area contributed by atoms with Crippen molar-refractivity contribution in [2.45, 2.75) is 33.1 Å². The molecule has 29 heavy (non-hydrogen) atoms. The highest BCUT2D eigenvalue weighted by Gasteiger charge is 2.22. The minimum atomic E-state index is 0.0236. The van der Waals surface area contributed by atoms with Crippen LogP contribution in [-0.2, 0) is 4.79 Å². The molecule has 0 aliphatic carbocycles. The SMILES string of the molecule is CCC(C)c1ccccc1OCC(=O)N1CCN(c2ccc(C(C)=O)cc2)CC1. The second-order valence-electron chi connectivity index (χ2n) is 7.61. The number of anilines is 1. The van der Waals surface area contributed by atoms with Crippen molar-refractivity contribution in [1.29, 1.82) is 0 Å². The Bertz CT molecular complexity index is 839. The van der Waals surface area contributed by atoms with Gasteiger partial charge in [-0.25, -0.2) is 0 Å². The highest BCUT2D eigenvalue weighted by molar-refractivity contribution is 5.94. The Morgan fingerprint density at radius 3 is 2.28 bits per heavy atom. The molecule has 5 nitrogen and oxygen atoms in total. The maximum atomic E-state index is 12.6. The van der Waals surface area contributed by atoms with Gasteiger partial charge in [0.25, 0.3) is 5.91 Å². The minimum Gasteiger partial charge on any atom is -0.483 e. The number of carbonyl (C=O) groups is 2. The number of nitrogens with zero attached hydrogens (tertiary/aromatic N) is 2. The summed E-state index contributed by atoms with van der Waals surface area (Å²) in [6, 6.07) is 15.6. The van der Waals surface area contributed by atoms with Crippen LogP contribution in [0.2, 0.25) is 0 Å². The third kappa shape index (κ3) is 5.17. The molecule has 0 N–H and O–H groups in total. The molecule has 0 aromatic heterocycles. The number of amides is 1. The van der Waals surface area contributed by atoms with Crippen LogP contribution in [0.3, 0.4) is 0 Å². The number of benzene rings is 2. The van der Waals surface area contributed by atoms with Gasteiger partial charge in [0.2, 0.25) is 0 Å². The van der Waals surface area contributed by atoms with E-state index in [0.717, 1.165) is 42.1 Å². The number of Topliss-reactive ketones (excluding diaryl/α,β-unsaturated/α-hetero) is 1. The summed E-state index contributed by atoms with van der Waals surface area (Å²) in [6.45, 7) is 8.85. The third-order valence-corrected chi connectivity index (χ3v) is 5.68. The van der Waals surface area contributed by atoms with E-state index in [1.165, 1.54) is 0 Å². The highest BCUT2D eigenvalue weighted by atomic mass is 16.5. The van der Waals surface area contributed by atoms with Crippen molar-refractivity contribution in [3.8, 4) is 5.75 Å². The lowest BCUT2D eigenvalue weighted by Crippen LogP contribution is -2.50. The Morgan fingerprint density at radius 2 is 1.66 bits per heavy atom. The quantitative estimate of drug-likeness (QED) is 0.663. The number of hydrogen-bond acceptors (Lipinski definition) is 4. The van der Waals surface area contributed by atoms with E-state index in [4.69, 9.17) is 4.74 Å². The van der Waals surface area contributed by atoms with Crippen molar-refractivity contribution in [3.05, 3.63) is 59.7 Å². The summed E-state index contributed by atoms with van der Waals surface area (Å²) in [7, 11) is 0. The lowest BCUT2D eigenvalue weighted by atomic mass is 9.98. The molecule has 0 saturated carbocycles. The maximum Gasteiger partial charge on any atom is 0.260 e. The van der Waals surface area contributed by atoms with Crippen molar-refractivity contribution in [2.75, 3.05) is 37.7 Å². The molecule has 1 saturated heterocycles. The lowest BCUT2D eigenvalue weighted by molar-refractivity contribution is -0.133. The van der Waals surface area contributed by atoms with Crippen LogP contribution in [0.1, 0.15) is 49.0 Å². The zero-order valence-corrected chi connectivity index (χ0v) is 17.6. The van der Waals surface area contributed by atoms with Gasteiger partial charge >= 0.3 is 0 Å². The summed E-state index contributed by atoms with van der Waals surface area (Å²) in [4.78, 5) is 28.2.